The molecule has 4 unspecified atom stereocenters. The molecule has 0 aliphatic carbocycles. The molecule has 1 N–H and O–H groups in total. The number of amides is 2. The predicted octanol–water partition coefficient (Wildman–Crippen LogP) is 7.17. The average molecular weight is 839 g/mol. The molecule has 59 heavy (non-hydrogen) atoms. The van der Waals surface area contributed by atoms with E-state index in [-0.39, 0.29) is 28.8 Å². The number of likely N-dealkylation sites (tertiary alicyclic amines) is 1. The van der Waals surface area contributed by atoms with E-state index in [0.717, 1.165) is 0 Å². The number of alkyl carbamates (subject to hydrolysis) is 1. The van der Waals surface area contributed by atoms with Gasteiger partial charge in [-0.05, 0) is 0 Å². The number of hydrogen-bond donors (Lipinski definition) is 1. The summed E-state index contributed by atoms with van der Waals surface area (Å²) in [5.74, 6) is -2.53. The molecule has 6 rings (SSSR count). The molecule has 5 aromatic carbocycles. The third-order valence-corrected chi connectivity index (χ3v) is 17.4. The number of rotatable bonds is 16. The van der Waals surface area contributed by atoms with Crippen LogP contribution in [0.4, 0.5) is 21.0 Å². The van der Waals surface area contributed by atoms with Crippen LogP contribution in [0.15, 0.2) is 140 Å². The zero-order chi connectivity index (χ0) is 42.3. The van der Waals surface area contributed by atoms with Crippen LogP contribution in [-0.4, -0.2) is 56.1 Å². The first-order chi connectivity index (χ1) is 28.3. The van der Waals surface area contributed by atoms with Crippen molar-refractivity contribution >= 4 is 68.4 Å². The average Bonchev–Trinajstić information content (AvgIpc) is 3.25. The molecule has 0 saturated carbocycles. The summed E-state index contributed by atoms with van der Waals surface area (Å²) in [5, 5.41) is 26.9. The first-order valence-corrected chi connectivity index (χ1v) is 21.3. The van der Waals surface area contributed by atoms with E-state index in [1.54, 1.807) is 117 Å². The quantitative estimate of drug-likeness (QED) is 0.0351. The van der Waals surface area contributed by atoms with Gasteiger partial charge < -0.3 is 0 Å². The third kappa shape index (κ3) is 7.76. The molecule has 0 aromatic heterocycles. The van der Waals surface area contributed by atoms with E-state index >= 15 is 4.79 Å². The molecule has 16 heteroatoms. The number of β-lactam (4-membered cyclic amide) rings is 1. The van der Waals surface area contributed by atoms with Crippen LogP contribution in [-0.2, 0) is 32.3 Å². The van der Waals surface area contributed by atoms with Gasteiger partial charge >= 0.3 is 329 Å². The number of ether oxygens (including phenoxy) is 2. The van der Waals surface area contributed by atoms with Gasteiger partial charge in [0.2, 0.25) is 0 Å². The summed E-state index contributed by atoms with van der Waals surface area (Å²) in [6, 6.07) is 36.5. The molecule has 1 heterocycles. The van der Waals surface area contributed by atoms with Gasteiger partial charge in [0.1, 0.15) is 0 Å². The molecule has 1 saturated heterocycles. The van der Waals surface area contributed by atoms with Crippen molar-refractivity contribution in [3.63, 3.8) is 0 Å². The zero-order valence-electron chi connectivity index (χ0n) is 32.0. The molecule has 14 nitrogen and oxygen atoms in total. The SMILES string of the molecule is CC(NC(=O)OCc1ccccc1[N+](=O)[O-])C1C(=O)N(CP(C(=O)OCc2ccccc2[N+](=O)[O-])(c2ccccc2)(c2ccccc2)c2ccccc2)C1C(C)C(=O)Cl. The number of nitro benzene ring substituents is 2. The second-order valence-corrected chi connectivity index (χ2v) is 19.4. The number of nitrogens with zero attached hydrogens (tertiary/aromatic N) is 3. The zero-order valence-corrected chi connectivity index (χ0v) is 33.6. The van der Waals surface area contributed by atoms with Crippen LogP contribution in [0, 0.1) is 32.1 Å². The van der Waals surface area contributed by atoms with Crippen LogP contribution in [0.1, 0.15) is 25.0 Å². The standard InChI is InChI=1S/C43H40ClN4O10P/c1-29(40(44)49)39-38(30(2)45-42(51)57-26-31-16-12-14-24-36(31)47(53)54)41(50)46(39)28-59(33-18-6-3-7-19-33,34-20-8-4-9-21-34,35-22-10-5-11-23-35)43(52)58-27-32-17-13-15-25-37(32)48(55)56/h3-25,29-30,38-39H,26-28H2,1-2H3,(H,45,51). The predicted molar refractivity (Wildman–Crippen MR) is 223 cm³/mol. The molecule has 1 aliphatic rings. The summed E-state index contributed by atoms with van der Waals surface area (Å²) in [4.78, 5) is 80.5. The van der Waals surface area contributed by atoms with E-state index in [4.69, 9.17) is 21.1 Å². The molecular weight excluding hydrogens is 799 g/mol. The van der Waals surface area contributed by atoms with Gasteiger partial charge in [-0.25, -0.2) is 0 Å². The van der Waals surface area contributed by atoms with Crippen LogP contribution in [0.25, 0.3) is 0 Å². The van der Waals surface area contributed by atoms with Crippen LogP contribution < -0.4 is 21.2 Å². The van der Waals surface area contributed by atoms with E-state index in [1.807, 2.05) is 0 Å². The van der Waals surface area contributed by atoms with Gasteiger partial charge in [-0.2, -0.15) is 0 Å². The second-order valence-electron chi connectivity index (χ2n) is 14.2. The molecule has 0 spiro atoms. The van der Waals surface area contributed by atoms with Crippen molar-refractivity contribution in [3.05, 3.63) is 171 Å². The molecule has 1 fully saturated rings. The van der Waals surface area contributed by atoms with Crippen molar-refractivity contribution in [2.75, 3.05) is 6.29 Å². The fourth-order valence-electron chi connectivity index (χ4n) is 7.99. The minimum absolute atomic E-state index is 0.157. The summed E-state index contributed by atoms with van der Waals surface area (Å²) in [5.41, 5.74) is -0.887. The van der Waals surface area contributed by atoms with Crippen LogP contribution in [0.2, 0.25) is 0 Å². The summed E-state index contributed by atoms with van der Waals surface area (Å²) in [6.07, 6.45) is -1.26. The van der Waals surface area contributed by atoms with Crippen molar-refractivity contribution in [1.82, 2.24) is 10.2 Å². The summed E-state index contributed by atoms with van der Waals surface area (Å²) < 4.78 is 11.6. The van der Waals surface area contributed by atoms with Gasteiger partial charge in [-0.15, -0.1) is 0 Å². The summed E-state index contributed by atoms with van der Waals surface area (Å²) >= 11 is 6.18. The maximum atomic E-state index is 15.8. The van der Waals surface area contributed by atoms with Crippen molar-refractivity contribution in [1.29, 1.82) is 0 Å². The first kappa shape index (κ1) is 42.1. The summed E-state index contributed by atoms with van der Waals surface area (Å²) in [6.45, 7) is -2.59. The Morgan fingerprint density at radius 3 is 1.53 bits per heavy atom. The number of hydrogen-bond acceptors (Lipinski definition) is 10. The Kier molecular flexibility index (Phi) is 12.5. The fraction of sp³-hybridized carbons (Fsp3) is 0.209. The van der Waals surface area contributed by atoms with E-state index in [9.17, 15) is 34.6 Å². The normalized spacial score (nSPS) is 16.6. The van der Waals surface area contributed by atoms with Crippen molar-refractivity contribution < 1.29 is 38.5 Å². The van der Waals surface area contributed by atoms with E-state index in [2.05, 4.69) is 5.32 Å². The Balaban J connectivity index is 1.45. The van der Waals surface area contributed by atoms with Crippen LogP contribution in [0.5, 0.6) is 0 Å². The third-order valence-electron chi connectivity index (χ3n) is 11.0. The van der Waals surface area contributed by atoms with Gasteiger partial charge in [0.05, 0.1) is 0 Å². The summed E-state index contributed by atoms with van der Waals surface area (Å²) in [7, 11) is 0. The van der Waals surface area contributed by atoms with Gasteiger partial charge in [-0.1, -0.05) is 6.07 Å². The number of halogens is 1. The molecule has 1 aliphatic heterocycles. The minimum atomic E-state index is -4.83. The van der Waals surface area contributed by atoms with Gasteiger partial charge in [-0.3, -0.25) is 10.1 Å². The first-order valence-electron chi connectivity index (χ1n) is 18.5. The van der Waals surface area contributed by atoms with Crippen LogP contribution >= 0.6 is 18.2 Å². The van der Waals surface area contributed by atoms with Gasteiger partial charge in [0.25, 0.3) is 0 Å². The topological polar surface area (TPSA) is 188 Å². The van der Waals surface area contributed by atoms with Crippen molar-refractivity contribution in [2.45, 2.75) is 39.1 Å². The number of nitro groups is 2. The second kappa shape index (κ2) is 17.6. The van der Waals surface area contributed by atoms with E-state index in [0.29, 0.717) is 15.9 Å². The number of benzene rings is 5. The molecule has 304 valence electrons. The molecule has 2 amide bonds. The molecule has 5 aromatic rings. The van der Waals surface area contributed by atoms with Crippen molar-refractivity contribution in [3.8, 4) is 0 Å². The number of nitrogens with one attached hydrogen (secondary N) is 1. The van der Waals surface area contributed by atoms with E-state index < -0.39 is 76.5 Å². The monoisotopic (exact) mass is 838 g/mol. The van der Waals surface area contributed by atoms with Crippen molar-refractivity contribution in [2.24, 2.45) is 11.8 Å². The van der Waals surface area contributed by atoms with E-state index in [1.165, 1.54) is 41.3 Å². The molecule has 4 atom stereocenters. The molecule has 0 bridgehead atoms. The Morgan fingerprint density at radius 2 is 1.10 bits per heavy atom. The Labute approximate surface area is 344 Å². The molecule has 0 radical (unpaired) electrons. The Bertz CT molecular complexity index is 2290. The van der Waals surface area contributed by atoms with Gasteiger partial charge in [0, 0.05) is 0 Å². The maximum absolute atomic E-state index is 15.8. The number of carbonyl (C=O) groups is 4. The Morgan fingerprint density at radius 1 is 0.695 bits per heavy atom. The number of carbonyl (C=O) groups excluding carboxylic acids is 4. The fourth-order valence-corrected chi connectivity index (χ4v) is 14.0. The Hall–Kier alpha value is -6.50. The number of para-hydroxylation sites is 2. The van der Waals surface area contributed by atoms with Gasteiger partial charge in [0.15, 0.2) is 0 Å². The van der Waals surface area contributed by atoms with Crippen LogP contribution in [0.3, 0.4) is 0 Å². The molecular formula is C43H40ClN4O10P.